The van der Waals surface area contributed by atoms with Crippen LogP contribution < -0.4 is 0 Å². The van der Waals surface area contributed by atoms with E-state index in [1.165, 1.54) is 18.2 Å². The van der Waals surface area contributed by atoms with Crippen molar-refractivity contribution >= 4 is 23.4 Å². The molecule has 0 unspecified atom stereocenters. The van der Waals surface area contributed by atoms with E-state index in [0.717, 1.165) is 36.0 Å². The molecule has 0 aliphatic heterocycles. The lowest BCUT2D eigenvalue weighted by atomic mass is 10.1. The number of halogens is 2. The summed E-state index contributed by atoms with van der Waals surface area (Å²) in [6.45, 7) is 4.13. The van der Waals surface area contributed by atoms with Gasteiger partial charge in [0.25, 0.3) is 0 Å². The molecule has 0 saturated heterocycles. The summed E-state index contributed by atoms with van der Waals surface area (Å²) < 4.78 is 20.4. The van der Waals surface area contributed by atoms with Gasteiger partial charge in [0.05, 0.1) is 5.56 Å². The van der Waals surface area contributed by atoms with Crippen LogP contribution in [-0.4, -0.2) is 22.9 Å². The highest BCUT2D eigenvalue weighted by atomic mass is 35.5. The van der Waals surface area contributed by atoms with E-state index in [4.69, 9.17) is 16.3 Å². The first-order valence-electron chi connectivity index (χ1n) is 9.22. The molecule has 6 heteroatoms. The second kappa shape index (κ2) is 9.05. The van der Waals surface area contributed by atoms with Crippen molar-refractivity contribution in [3.63, 3.8) is 0 Å². The van der Waals surface area contributed by atoms with E-state index in [-0.39, 0.29) is 11.3 Å². The highest BCUT2D eigenvalue weighted by Crippen LogP contribution is 2.18. The predicted octanol–water partition coefficient (Wildman–Crippen LogP) is 5.18. The number of ether oxygens (including phenoxy) is 1. The van der Waals surface area contributed by atoms with Gasteiger partial charge in [0, 0.05) is 28.5 Å². The molecule has 0 saturated carbocycles. The van der Waals surface area contributed by atoms with Gasteiger partial charge in [0.15, 0.2) is 6.61 Å². The number of carbonyl (C=O) groups is 2. The Morgan fingerprint density at radius 3 is 2.48 bits per heavy atom. The van der Waals surface area contributed by atoms with E-state index < -0.39 is 18.4 Å². The zero-order valence-electron chi connectivity index (χ0n) is 16.2. The highest BCUT2D eigenvalue weighted by molar-refractivity contribution is 6.30. The van der Waals surface area contributed by atoms with E-state index in [1.807, 2.05) is 38.1 Å². The molecular formula is C23H21ClFNO3. The molecule has 0 fully saturated rings. The number of rotatable bonds is 7. The van der Waals surface area contributed by atoms with Gasteiger partial charge in [0.2, 0.25) is 5.78 Å². The number of carbonyl (C=O) groups excluding carboxylic acids is 2. The van der Waals surface area contributed by atoms with Gasteiger partial charge in [0.1, 0.15) is 5.82 Å². The minimum absolute atomic E-state index is 0.0752. The predicted molar refractivity (Wildman–Crippen MR) is 110 cm³/mol. The van der Waals surface area contributed by atoms with Crippen molar-refractivity contribution in [1.29, 1.82) is 0 Å². The standard InChI is InChI=1S/C23H21ClFNO3/c1-15-12-21(16(2)26(15)11-10-17-6-8-19(24)9-7-17)22(27)14-29-23(28)18-4-3-5-20(25)13-18/h3-9,12-13H,10-11,14H2,1-2H3. The fourth-order valence-corrected chi connectivity index (χ4v) is 3.35. The van der Waals surface area contributed by atoms with Crippen molar-refractivity contribution in [3.05, 3.63) is 93.5 Å². The second-order valence-corrected chi connectivity index (χ2v) is 7.26. The quantitative estimate of drug-likeness (QED) is 0.396. The van der Waals surface area contributed by atoms with Crippen LogP contribution in [0.3, 0.4) is 0 Å². The average Bonchev–Trinajstić information content (AvgIpc) is 2.99. The number of ketones is 1. The number of aromatic nitrogens is 1. The molecule has 0 atom stereocenters. The Bertz CT molecular complexity index is 1040. The zero-order valence-corrected chi connectivity index (χ0v) is 17.0. The van der Waals surface area contributed by atoms with E-state index in [9.17, 15) is 14.0 Å². The third-order valence-electron chi connectivity index (χ3n) is 4.81. The van der Waals surface area contributed by atoms with Crippen molar-refractivity contribution in [2.75, 3.05) is 6.61 Å². The van der Waals surface area contributed by atoms with Crippen LogP contribution in [0.25, 0.3) is 0 Å². The summed E-state index contributed by atoms with van der Waals surface area (Å²) in [5, 5.41) is 0.697. The van der Waals surface area contributed by atoms with Crippen molar-refractivity contribution in [2.45, 2.75) is 26.8 Å². The van der Waals surface area contributed by atoms with E-state index >= 15 is 0 Å². The zero-order chi connectivity index (χ0) is 21.0. The van der Waals surface area contributed by atoms with E-state index in [1.54, 1.807) is 6.07 Å². The molecule has 0 spiro atoms. The summed E-state index contributed by atoms with van der Waals surface area (Å²) in [4.78, 5) is 24.6. The molecule has 2 aromatic carbocycles. The summed E-state index contributed by atoms with van der Waals surface area (Å²) >= 11 is 5.92. The number of benzene rings is 2. The van der Waals surface area contributed by atoms with Crippen LogP contribution in [-0.2, 0) is 17.7 Å². The van der Waals surface area contributed by atoms with Gasteiger partial charge < -0.3 is 9.30 Å². The molecule has 150 valence electrons. The molecule has 1 heterocycles. The molecular weight excluding hydrogens is 393 g/mol. The number of aryl methyl sites for hydroxylation is 2. The first-order chi connectivity index (χ1) is 13.8. The lowest BCUT2D eigenvalue weighted by Crippen LogP contribution is -2.15. The average molecular weight is 414 g/mol. The lowest BCUT2D eigenvalue weighted by Gasteiger charge is -2.10. The van der Waals surface area contributed by atoms with Crippen LogP contribution in [0.15, 0.2) is 54.6 Å². The molecule has 3 aromatic rings. The SMILES string of the molecule is Cc1cc(C(=O)COC(=O)c2cccc(F)c2)c(C)n1CCc1ccc(Cl)cc1. The molecule has 0 aliphatic rings. The Balaban J connectivity index is 1.64. The molecule has 0 N–H and O–H groups in total. The number of nitrogens with zero attached hydrogens (tertiary/aromatic N) is 1. The fraction of sp³-hybridized carbons (Fsp3) is 0.217. The van der Waals surface area contributed by atoms with Crippen LogP contribution in [0.4, 0.5) is 4.39 Å². The Labute approximate surface area is 173 Å². The summed E-state index contributed by atoms with van der Waals surface area (Å²) in [5.41, 5.74) is 3.52. The van der Waals surface area contributed by atoms with Gasteiger partial charge in [-0.3, -0.25) is 4.79 Å². The highest BCUT2D eigenvalue weighted by Gasteiger charge is 2.18. The van der Waals surface area contributed by atoms with Crippen molar-refractivity contribution in [1.82, 2.24) is 4.57 Å². The van der Waals surface area contributed by atoms with E-state index in [0.29, 0.717) is 10.6 Å². The number of hydrogen-bond donors (Lipinski definition) is 0. The molecule has 29 heavy (non-hydrogen) atoms. The lowest BCUT2D eigenvalue weighted by molar-refractivity contribution is 0.0474. The first kappa shape index (κ1) is 20.8. The fourth-order valence-electron chi connectivity index (χ4n) is 3.23. The second-order valence-electron chi connectivity index (χ2n) is 6.82. The van der Waals surface area contributed by atoms with Crippen molar-refractivity contribution < 1.29 is 18.7 Å². The number of esters is 1. The van der Waals surface area contributed by atoms with Gasteiger partial charge in [-0.25, -0.2) is 9.18 Å². The topological polar surface area (TPSA) is 48.3 Å². The summed E-state index contributed by atoms with van der Waals surface area (Å²) in [7, 11) is 0. The molecule has 0 bridgehead atoms. The largest absolute Gasteiger partial charge is 0.454 e. The summed E-state index contributed by atoms with van der Waals surface area (Å²) in [6.07, 6.45) is 0.801. The third kappa shape index (κ3) is 5.12. The van der Waals surface area contributed by atoms with Gasteiger partial charge in [-0.2, -0.15) is 0 Å². The molecule has 1 aromatic heterocycles. The van der Waals surface area contributed by atoms with Crippen molar-refractivity contribution in [3.8, 4) is 0 Å². The normalized spacial score (nSPS) is 10.8. The Hall–Kier alpha value is -2.92. The molecule has 4 nitrogen and oxygen atoms in total. The number of hydrogen-bond acceptors (Lipinski definition) is 3. The molecule has 0 amide bonds. The maximum atomic E-state index is 13.2. The smallest absolute Gasteiger partial charge is 0.338 e. The van der Waals surface area contributed by atoms with Gasteiger partial charge in [-0.05, 0) is 62.2 Å². The summed E-state index contributed by atoms with van der Waals surface area (Å²) in [6, 6.07) is 14.7. The summed E-state index contributed by atoms with van der Waals surface area (Å²) in [5.74, 6) is -1.55. The maximum Gasteiger partial charge on any atom is 0.338 e. The van der Waals surface area contributed by atoms with Crippen LogP contribution in [0, 0.1) is 19.7 Å². The molecule has 3 rings (SSSR count). The van der Waals surface area contributed by atoms with Crippen LogP contribution in [0.1, 0.15) is 37.7 Å². The minimum Gasteiger partial charge on any atom is -0.454 e. The molecule has 0 radical (unpaired) electrons. The van der Waals surface area contributed by atoms with Crippen molar-refractivity contribution in [2.24, 2.45) is 0 Å². The maximum absolute atomic E-state index is 13.2. The van der Waals surface area contributed by atoms with Crippen LogP contribution in [0.2, 0.25) is 5.02 Å². The molecule has 0 aliphatic carbocycles. The van der Waals surface area contributed by atoms with Crippen LogP contribution >= 0.6 is 11.6 Å². The first-order valence-corrected chi connectivity index (χ1v) is 9.60. The van der Waals surface area contributed by atoms with Gasteiger partial charge in [-0.15, -0.1) is 0 Å². The van der Waals surface area contributed by atoms with Crippen LogP contribution in [0.5, 0.6) is 0 Å². The van der Waals surface area contributed by atoms with Gasteiger partial charge >= 0.3 is 5.97 Å². The third-order valence-corrected chi connectivity index (χ3v) is 5.06. The van der Waals surface area contributed by atoms with E-state index in [2.05, 4.69) is 4.57 Å². The number of Topliss-reactive ketones (excluding diaryl/α,β-unsaturated/α-hetero) is 1. The van der Waals surface area contributed by atoms with Gasteiger partial charge in [-0.1, -0.05) is 29.8 Å². The Morgan fingerprint density at radius 2 is 1.79 bits per heavy atom. The Morgan fingerprint density at radius 1 is 1.07 bits per heavy atom. The Kier molecular flexibility index (Phi) is 6.49. The monoisotopic (exact) mass is 413 g/mol. The minimum atomic E-state index is -0.727.